The number of nitrogens with zero attached hydrogens (tertiary/aromatic N) is 1. The van der Waals surface area contributed by atoms with Gasteiger partial charge in [0, 0.05) is 26.3 Å². The number of benzene rings is 1. The molecule has 2 rings (SSSR count). The molecular weight excluding hydrogens is 429 g/mol. The maximum Gasteiger partial charge on any atom is 0.191 e. The maximum atomic E-state index is 5.70. The van der Waals surface area contributed by atoms with Gasteiger partial charge in [0.25, 0.3) is 0 Å². The predicted molar refractivity (Wildman–Crippen MR) is 114 cm³/mol. The zero-order chi connectivity index (χ0) is 17.1. The van der Waals surface area contributed by atoms with Crippen molar-refractivity contribution in [3.05, 3.63) is 30.3 Å². The highest BCUT2D eigenvalue weighted by Gasteiger charge is 2.41. The zero-order valence-electron chi connectivity index (χ0n) is 15.4. The second-order valence-electron chi connectivity index (χ2n) is 6.23. The van der Waals surface area contributed by atoms with Crippen LogP contribution in [0.5, 0.6) is 5.75 Å². The highest BCUT2D eigenvalue weighted by molar-refractivity contribution is 14.0. The van der Waals surface area contributed by atoms with Gasteiger partial charge in [0.2, 0.25) is 0 Å². The minimum atomic E-state index is 0. The van der Waals surface area contributed by atoms with Crippen molar-refractivity contribution in [1.29, 1.82) is 0 Å². The first kappa shape index (κ1) is 22.0. The molecule has 2 N–H and O–H groups in total. The third kappa shape index (κ3) is 8.76. The van der Waals surface area contributed by atoms with Gasteiger partial charge in [-0.25, -0.2) is 0 Å². The molecule has 1 aromatic carbocycles. The van der Waals surface area contributed by atoms with E-state index in [1.807, 2.05) is 37.3 Å². The van der Waals surface area contributed by atoms with Crippen LogP contribution in [0, 0.1) is 5.41 Å². The average molecular weight is 461 g/mol. The van der Waals surface area contributed by atoms with Gasteiger partial charge in [-0.15, -0.1) is 24.0 Å². The largest absolute Gasteiger partial charge is 0.492 e. The molecule has 0 amide bonds. The van der Waals surface area contributed by atoms with E-state index in [9.17, 15) is 0 Å². The number of nitrogens with one attached hydrogen (secondary N) is 2. The number of ether oxygens (including phenoxy) is 2. The van der Waals surface area contributed by atoms with Crippen molar-refractivity contribution in [2.45, 2.75) is 33.1 Å². The van der Waals surface area contributed by atoms with Crippen LogP contribution >= 0.6 is 24.0 Å². The Hall–Kier alpha value is -1.02. The summed E-state index contributed by atoms with van der Waals surface area (Å²) in [6.07, 6.45) is 3.64. The summed E-state index contributed by atoms with van der Waals surface area (Å²) in [5, 5.41) is 6.64. The van der Waals surface area contributed by atoms with Crippen LogP contribution in [0.15, 0.2) is 35.3 Å². The second-order valence-corrected chi connectivity index (χ2v) is 6.23. The van der Waals surface area contributed by atoms with Crippen molar-refractivity contribution in [3.63, 3.8) is 0 Å². The Morgan fingerprint density at radius 3 is 2.52 bits per heavy atom. The maximum absolute atomic E-state index is 5.70. The molecule has 0 aliphatic heterocycles. The Kier molecular flexibility index (Phi) is 10.9. The SMILES string of the molecule is CCNC(=NCC1(CCOCC)CC1)NCCOc1ccccc1.I. The molecule has 0 unspecified atom stereocenters. The third-order valence-corrected chi connectivity index (χ3v) is 4.26. The van der Waals surface area contributed by atoms with E-state index in [1.165, 1.54) is 12.8 Å². The molecule has 0 heterocycles. The molecule has 1 fully saturated rings. The van der Waals surface area contributed by atoms with E-state index in [4.69, 9.17) is 14.5 Å². The van der Waals surface area contributed by atoms with Crippen LogP contribution in [-0.2, 0) is 4.74 Å². The van der Waals surface area contributed by atoms with Gasteiger partial charge in [-0.3, -0.25) is 4.99 Å². The lowest BCUT2D eigenvalue weighted by molar-refractivity contribution is 0.129. The molecule has 1 saturated carbocycles. The van der Waals surface area contributed by atoms with Gasteiger partial charge in [-0.2, -0.15) is 0 Å². The van der Waals surface area contributed by atoms with Crippen LogP contribution in [0.25, 0.3) is 0 Å². The lowest BCUT2D eigenvalue weighted by Gasteiger charge is -2.15. The number of aliphatic imine (C=N–C) groups is 1. The quantitative estimate of drug-likeness (QED) is 0.230. The second kappa shape index (κ2) is 12.4. The molecule has 142 valence electrons. The molecule has 6 heteroatoms. The fraction of sp³-hybridized carbons (Fsp3) is 0.632. The summed E-state index contributed by atoms with van der Waals surface area (Å²) in [5.74, 6) is 1.77. The summed E-state index contributed by atoms with van der Waals surface area (Å²) in [6.45, 7) is 8.84. The molecule has 25 heavy (non-hydrogen) atoms. The number of rotatable bonds is 11. The van der Waals surface area contributed by atoms with Crippen LogP contribution in [-0.4, -0.2) is 45.4 Å². The van der Waals surface area contributed by atoms with Crippen molar-refractivity contribution in [1.82, 2.24) is 10.6 Å². The molecule has 0 spiro atoms. The van der Waals surface area contributed by atoms with Crippen molar-refractivity contribution < 1.29 is 9.47 Å². The summed E-state index contributed by atoms with van der Waals surface area (Å²) < 4.78 is 11.2. The van der Waals surface area contributed by atoms with Crippen molar-refractivity contribution in [3.8, 4) is 5.75 Å². The molecular formula is C19H32IN3O2. The predicted octanol–water partition coefficient (Wildman–Crippen LogP) is 3.45. The van der Waals surface area contributed by atoms with Gasteiger partial charge in [-0.1, -0.05) is 18.2 Å². The first-order valence-corrected chi connectivity index (χ1v) is 9.06. The van der Waals surface area contributed by atoms with E-state index in [0.717, 1.165) is 51.0 Å². The Balaban J connectivity index is 0.00000312. The minimum absolute atomic E-state index is 0. The number of hydrogen-bond acceptors (Lipinski definition) is 3. The smallest absolute Gasteiger partial charge is 0.191 e. The Labute approximate surface area is 169 Å². The number of para-hydroxylation sites is 1. The van der Waals surface area contributed by atoms with Gasteiger partial charge in [0.1, 0.15) is 12.4 Å². The van der Waals surface area contributed by atoms with Crippen molar-refractivity contribution >= 4 is 29.9 Å². The van der Waals surface area contributed by atoms with Crippen LogP contribution in [0.1, 0.15) is 33.1 Å². The van der Waals surface area contributed by atoms with E-state index in [2.05, 4.69) is 17.6 Å². The van der Waals surface area contributed by atoms with E-state index in [-0.39, 0.29) is 24.0 Å². The van der Waals surface area contributed by atoms with Crippen LogP contribution < -0.4 is 15.4 Å². The van der Waals surface area contributed by atoms with Gasteiger partial charge >= 0.3 is 0 Å². The van der Waals surface area contributed by atoms with Gasteiger partial charge in [0.05, 0.1) is 6.54 Å². The number of hydrogen-bond donors (Lipinski definition) is 2. The third-order valence-electron chi connectivity index (χ3n) is 4.26. The highest BCUT2D eigenvalue weighted by Crippen LogP contribution is 2.48. The van der Waals surface area contributed by atoms with E-state index in [0.29, 0.717) is 12.0 Å². The zero-order valence-corrected chi connectivity index (χ0v) is 17.8. The van der Waals surface area contributed by atoms with Gasteiger partial charge < -0.3 is 20.1 Å². The summed E-state index contributed by atoms with van der Waals surface area (Å²) in [5.41, 5.74) is 0.373. The molecule has 1 aliphatic carbocycles. The van der Waals surface area contributed by atoms with Crippen LogP contribution in [0.3, 0.4) is 0 Å². The Bertz CT molecular complexity index is 493. The van der Waals surface area contributed by atoms with Crippen LogP contribution in [0.4, 0.5) is 0 Å². The molecule has 5 nitrogen and oxygen atoms in total. The first-order chi connectivity index (χ1) is 11.8. The fourth-order valence-electron chi connectivity index (χ4n) is 2.54. The summed E-state index contributed by atoms with van der Waals surface area (Å²) in [7, 11) is 0. The monoisotopic (exact) mass is 461 g/mol. The normalized spacial score (nSPS) is 15.2. The highest BCUT2D eigenvalue weighted by atomic mass is 127. The average Bonchev–Trinajstić information content (AvgIpc) is 3.38. The van der Waals surface area contributed by atoms with E-state index < -0.39 is 0 Å². The molecule has 0 saturated heterocycles. The van der Waals surface area contributed by atoms with Crippen molar-refractivity contribution in [2.75, 3.05) is 39.5 Å². The fourth-order valence-corrected chi connectivity index (χ4v) is 2.54. The number of guanidine groups is 1. The summed E-state index contributed by atoms with van der Waals surface area (Å²) in [6, 6.07) is 9.88. The topological polar surface area (TPSA) is 54.9 Å². The summed E-state index contributed by atoms with van der Waals surface area (Å²) in [4.78, 5) is 4.75. The lowest BCUT2D eigenvalue weighted by Crippen LogP contribution is -2.39. The van der Waals surface area contributed by atoms with E-state index in [1.54, 1.807) is 0 Å². The summed E-state index contributed by atoms with van der Waals surface area (Å²) >= 11 is 0. The number of halogens is 1. The standard InChI is InChI=1S/C19H31N3O2.HI/c1-3-20-18(21-13-15-24-17-8-6-5-7-9-17)22-16-19(10-11-19)12-14-23-4-2;/h5-9H,3-4,10-16H2,1-2H3,(H2,20,21,22);1H. The molecule has 1 aliphatic rings. The molecule has 1 aromatic rings. The Morgan fingerprint density at radius 1 is 1.12 bits per heavy atom. The molecule has 0 aromatic heterocycles. The van der Waals surface area contributed by atoms with Gasteiger partial charge in [-0.05, 0) is 50.7 Å². The Morgan fingerprint density at radius 2 is 1.88 bits per heavy atom. The minimum Gasteiger partial charge on any atom is -0.492 e. The molecule has 0 atom stereocenters. The molecule has 0 radical (unpaired) electrons. The van der Waals surface area contributed by atoms with E-state index >= 15 is 0 Å². The lowest BCUT2D eigenvalue weighted by atomic mass is 10.0. The van der Waals surface area contributed by atoms with Crippen LogP contribution in [0.2, 0.25) is 0 Å². The van der Waals surface area contributed by atoms with Gasteiger partial charge in [0.15, 0.2) is 5.96 Å². The van der Waals surface area contributed by atoms with Crippen molar-refractivity contribution in [2.24, 2.45) is 10.4 Å². The molecule has 0 bridgehead atoms. The first-order valence-electron chi connectivity index (χ1n) is 9.06.